The number of benzene rings is 1. The molecule has 1 aliphatic heterocycles. The van der Waals surface area contributed by atoms with Crippen molar-refractivity contribution in [1.29, 1.82) is 0 Å². The van der Waals surface area contributed by atoms with E-state index in [4.69, 9.17) is 0 Å². The van der Waals surface area contributed by atoms with Crippen molar-refractivity contribution < 1.29 is 4.79 Å². The van der Waals surface area contributed by atoms with Crippen LogP contribution in [0, 0.1) is 0 Å². The highest BCUT2D eigenvalue weighted by atomic mass is 79.9. The Morgan fingerprint density at radius 1 is 1.10 bits per heavy atom. The number of fused-ring (bicyclic) bond motifs is 2. The van der Waals surface area contributed by atoms with Crippen molar-refractivity contribution in [1.82, 2.24) is 0 Å². The van der Waals surface area contributed by atoms with Crippen LogP contribution >= 0.6 is 27.3 Å². The van der Waals surface area contributed by atoms with Crippen molar-refractivity contribution in [2.75, 3.05) is 11.4 Å². The van der Waals surface area contributed by atoms with Gasteiger partial charge in [0.05, 0.1) is 4.88 Å². The predicted molar refractivity (Wildman–Crippen MR) is 90.5 cm³/mol. The van der Waals surface area contributed by atoms with E-state index >= 15 is 0 Å². The van der Waals surface area contributed by atoms with E-state index in [1.807, 2.05) is 11.0 Å². The zero-order valence-electron chi connectivity index (χ0n) is 11.7. The predicted octanol–water partition coefficient (Wildman–Crippen LogP) is 4.59. The van der Waals surface area contributed by atoms with Gasteiger partial charge in [-0.05, 0) is 67.5 Å². The third-order valence-corrected chi connectivity index (χ3v) is 6.11. The summed E-state index contributed by atoms with van der Waals surface area (Å²) in [6, 6.07) is 8.34. The first-order valence-electron chi connectivity index (χ1n) is 7.44. The smallest absolute Gasteiger partial charge is 0.268 e. The fourth-order valence-corrected chi connectivity index (χ4v) is 4.92. The van der Waals surface area contributed by atoms with Gasteiger partial charge in [-0.2, -0.15) is 0 Å². The molecule has 1 aromatic heterocycles. The van der Waals surface area contributed by atoms with Crippen LogP contribution in [0.5, 0.6) is 0 Å². The summed E-state index contributed by atoms with van der Waals surface area (Å²) in [5.74, 6) is 0.176. The maximum Gasteiger partial charge on any atom is 0.268 e. The van der Waals surface area contributed by atoms with Crippen LogP contribution in [0.1, 0.15) is 38.5 Å². The number of carbonyl (C=O) groups excluding carboxylic acids is 1. The van der Waals surface area contributed by atoms with Crippen molar-refractivity contribution in [3.63, 3.8) is 0 Å². The molecule has 0 fully saturated rings. The first-order valence-corrected chi connectivity index (χ1v) is 9.05. The van der Waals surface area contributed by atoms with Gasteiger partial charge in [0.15, 0.2) is 0 Å². The van der Waals surface area contributed by atoms with Gasteiger partial charge in [-0.3, -0.25) is 4.79 Å². The minimum atomic E-state index is 0.176. The van der Waals surface area contributed by atoms with Gasteiger partial charge < -0.3 is 4.90 Å². The summed E-state index contributed by atoms with van der Waals surface area (Å²) >= 11 is 5.21. The number of rotatable bonds is 1. The van der Waals surface area contributed by atoms with Crippen molar-refractivity contribution in [2.24, 2.45) is 0 Å². The molecule has 0 radical (unpaired) electrons. The van der Waals surface area contributed by atoms with Crippen LogP contribution in [-0.2, 0) is 19.3 Å². The largest absolute Gasteiger partial charge is 0.307 e. The standard InChI is InChI=1S/C17H16BrNOS/c18-13-5-6-14-11(9-13)7-8-19(14)17(20)16-10-12-3-1-2-4-15(12)21-16/h5-6,9-10H,1-4,7-8H2. The monoisotopic (exact) mass is 361 g/mol. The van der Waals surface area contributed by atoms with Crippen LogP contribution in [0.15, 0.2) is 28.7 Å². The van der Waals surface area contributed by atoms with Crippen LogP contribution in [0.2, 0.25) is 0 Å². The summed E-state index contributed by atoms with van der Waals surface area (Å²) in [5, 5.41) is 0. The van der Waals surface area contributed by atoms with Crippen LogP contribution in [-0.4, -0.2) is 12.5 Å². The van der Waals surface area contributed by atoms with Crippen molar-refractivity contribution in [3.05, 3.63) is 49.6 Å². The molecule has 2 heterocycles. The fraction of sp³-hybridized carbons (Fsp3) is 0.353. The van der Waals surface area contributed by atoms with Crippen molar-refractivity contribution >= 4 is 38.9 Å². The Morgan fingerprint density at radius 3 is 2.81 bits per heavy atom. The van der Waals surface area contributed by atoms with E-state index in [9.17, 15) is 4.79 Å². The topological polar surface area (TPSA) is 20.3 Å². The normalized spacial score (nSPS) is 16.7. The maximum absolute atomic E-state index is 12.8. The van der Waals surface area contributed by atoms with Crippen LogP contribution in [0.4, 0.5) is 5.69 Å². The lowest BCUT2D eigenvalue weighted by Gasteiger charge is -2.16. The summed E-state index contributed by atoms with van der Waals surface area (Å²) < 4.78 is 1.09. The van der Waals surface area contributed by atoms with E-state index in [1.54, 1.807) is 11.3 Å². The highest BCUT2D eigenvalue weighted by Gasteiger charge is 2.27. The minimum absolute atomic E-state index is 0.176. The molecule has 1 aliphatic carbocycles. The lowest BCUT2D eigenvalue weighted by molar-refractivity contribution is 0.0993. The zero-order chi connectivity index (χ0) is 14.4. The van der Waals surface area contributed by atoms with Gasteiger partial charge in [-0.1, -0.05) is 15.9 Å². The van der Waals surface area contributed by atoms with Crippen LogP contribution in [0.3, 0.4) is 0 Å². The summed E-state index contributed by atoms with van der Waals surface area (Å²) in [6.45, 7) is 0.799. The molecular formula is C17H16BrNOS. The Balaban J connectivity index is 1.66. The number of anilines is 1. The zero-order valence-corrected chi connectivity index (χ0v) is 14.1. The molecule has 1 aromatic carbocycles. The van der Waals surface area contributed by atoms with E-state index in [0.29, 0.717) is 0 Å². The molecule has 0 N–H and O–H groups in total. The van der Waals surface area contributed by atoms with Gasteiger partial charge in [0.2, 0.25) is 0 Å². The maximum atomic E-state index is 12.8. The van der Waals surface area contributed by atoms with E-state index in [-0.39, 0.29) is 5.91 Å². The Bertz CT molecular complexity index is 698. The van der Waals surface area contributed by atoms with Gasteiger partial charge >= 0.3 is 0 Å². The number of amides is 1. The number of nitrogens with zero attached hydrogens (tertiary/aromatic N) is 1. The molecule has 21 heavy (non-hydrogen) atoms. The van der Waals surface area contributed by atoms with E-state index in [2.05, 4.69) is 34.1 Å². The lowest BCUT2D eigenvalue weighted by Crippen LogP contribution is -2.28. The number of hydrogen-bond acceptors (Lipinski definition) is 2. The van der Waals surface area contributed by atoms with Crippen molar-refractivity contribution in [3.8, 4) is 0 Å². The van der Waals surface area contributed by atoms with E-state index in [0.717, 1.165) is 40.8 Å². The molecule has 108 valence electrons. The fourth-order valence-electron chi connectivity index (χ4n) is 3.31. The highest BCUT2D eigenvalue weighted by Crippen LogP contribution is 2.35. The highest BCUT2D eigenvalue weighted by molar-refractivity contribution is 9.10. The quantitative estimate of drug-likeness (QED) is 0.727. The SMILES string of the molecule is O=C(c1cc2c(s1)CCCC2)N1CCc2cc(Br)ccc21. The molecule has 2 aromatic rings. The molecule has 0 saturated carbocycles. The van der Waals surface area contributed by atoms with Gasteiger partial charge in [0.1, 0.15) is 0 Å². The molecule has 4 rings (SSSR count). The van der Waals surface area contributed by atoms with Gasteiger partial charge in [0, 0.05) is 21.6 Å². The second-order valence-corrected chi connectivity index (χ2v) is 7.80. The Labute approximate surface area is 136 Å². The lowest BCUT2D eigenvalue weighted by atomic mass is 9.99. The first-order chi connectivity index (χ1) is 10.2. The molecule has 2 aliphatic rings. The number of thiophene rings is 1. The molecule has 0 bridgehead atoms. The molecule has 4 heteroatoms. The minimum Gasteiger partial charge on any atom is -0.307 e. The third kappa shape index (κ3) is 2.34. The second-order valence-electron chi connectivity index (χ2n) is 5.75. The van der Waals surface area contributed by atoms with Gasteiger partial charge in [-0.25, -0.2) is 0 Å². The Kier molecular flexibility index (Phi) is 3.38. The van der Waals surface area contributed by atoms with Crippen molar-refractivity contribution in [2.45, 2.75) is 32.1 Å². The Morgan fingerprint density at radius 2 is 1.95 bits per heavy atom. The first kappa shape index (κ1) is 13.5. The molecule has 0 saturated heterocycles. The van der Waals surface area contributed by atoms with Gasteiger partial charge in [-0.15, -0.1) is 11.3 Å². The number of aryl methyl sites for hydroxylation is 2. The average molecular weight is 362 g/mol. The summed E-state index contributed by atoms with van der Waals surface area (Å²) in [6.07, 6.45) is 5.77. The molecule has 0 unspecified atom stereocenters. The molecule has 1 amide bonds. The molecule has 0 atom stereocenters. The Hall–Kier alpha value is -1.13. The van der Waals surface area contributed by atoms with E-state index in [1.165, 1.54) is 28.8 Å². The number of halogens is 1. The third-order valence-electron chi connectivity index (χ3n) is 4.39. The molecule has 2 nitrogen and oxygen atoms in total. The second kappa shape index (κ2) is 5.25. The van der Waals surface area contributed by atoms with Crippen LogP contribution in [0.25, 0.3) is 0 Å². The van der Waals surface area contributed by atoms with Gasteiger partial charge in [0.25, 0.3) is 5.91 Å². The number of carbonyl (C=O) groups is 1. The summed E-state index contributed by atoms with van der Waals surface area (Å²) in [4.78, 5) is 17.1. The number of hydrogen-bond donors (Lipinski definition) is 0. The molecule has 0 spiro atoms. The van der Waals surface area contributed by atoms with Crippen LogP contribution < -0.4 is 4.90 Å². The summed E-state index contributed by atoms with van der Waals surface area (Å²) in [5.41, 5.74) is 3.75. The summed E-state index contributed by atoms with van der Waals surface area (Å²) in [7, 11) is 0. The average Bonchev–Trinajstić information content (AvgIpc) is 3.09. The van der Waals surface area contributed by atoms with E-state index < -0.39 is 0 Å². The molecular weight excluding hydrogens is 346 g/mol.